The Hall–Kier alpha value is -2.57. The highest BCUT2D eigenvalue weighted by molar-refractivity contribution is 6.01. The van der Waals surface area contributed by atoms with Crippen LogP contribution < -0.4 is 15.5 Å². The normalized spacial score (nSPS) is 15.5. The quantitative estimate of drug-likeness (QED) is 0.760. The van der Waals surface area contributed by atoms with Gasteiger partial charge < -0.3 is 20.6 Å². The highest BCUT2D eigenvalue weighted by Gasteiger charge is 2.20. The van der Waals surface area contributed by atoms with Gasteiger partial charge in [-0.15, -0.1) is 0 Å². The lowest BCUT2D eigenvalue weighted by molar-refractivity contribution is -0.138. The molecule has 7 nitrogen and oxygen atoms in total. The van der Waals surface area contributed by atoms with E-state index >= 15 is 0 Å². The van der Waals surface area contributed by atoms with Crippen LogP contribution in [-0.4, -0.2) is 42.5 Å². The van der Waals surface area contributed by atoms with Gasteiger partial charge in [-0.25, -0.2) is 0 Å². The molecular weight excluding hydrogens is 274 g/mol. The predicted octanol–water partition coefficient (Wildman–Crippen LogP) is 0.668. The maximum Gasteiger partial charge on any atom is 0.325 e. The molecular formula is C14H17N3O4. The fraction of sp³-hybridized carbons (Fsp3) is 0.357. The van der Waals surface area contributed by atoms with Gasteiger partial charge >= 0.3 is 5.97 Å². The summed E-state index contributed by atoms with van der Waals surface area (Å²) >= 11 is 0. The molecule has 1 atom stereocenters. The highest BCUT2D eigenvalue weighted by atomic mass is 16.4. The molecule has 1 aromatic rings. The van der Waals surface area contributed by atoms with Gasteiger partial charge in [0.25, 0.3) is 5.91 Å². The summed E-state index contributed by atoms with van der Waals surface area (Å²) in [6.07, 6.45) is 0.378. The van der Waals surface area contributed by atoms with Gasteiger partial charge in [-0.05, 0) is 25.1 Å². The minimum Gasteiger partial charge on any atom is -0.480 e. The van der Waals surface area contributed by atoms with Crippen LogP contribution in [0.25, 0.3) is 0 Å². The van der Waals surface area contributed by atoms with E-state index < -0.39 is 17.9 Å². The molecule has 0 radical (unpaired) electrons. The summed E-state index contributed by atoms with van der Waals surface area (Å²) in [6.45, 7) is 1.99. The van der Waals surface area contributed by atoms with Gasteiger partial charge in [0.1, 0.15) is 6.04 Å². The number of aliphatic carboxylic acids is 1. The van der Waals surface area contributed by atoms with Crippen molar-refractivity contribution < 1.29 is 19.5 Å². The average molecular weight is 291 g/mol. The highest BCUT2D eigenvalue weighted by Crippen LogP contribution is 2.28. The third-order valence-electron chi connectivity index (χ3n) is 3.34. The SMILES string of the molecule is C[C@@H](NC(=O)c1ccc2c(c1)NC(=O)CCN2C)C(=O)O. The molecule has 0 bridgehead atoms. The fourth-order valence-electron chi connectivity index (χ4n) is 2.05. The molecule has 0 saturated heterocycles. The molecule has 112 valence electrons. The number of anilines is 2. The van der Waals surface area contributed by atoms with Crippen molar-refractivity contribution in [3.05, 3.63) is 23.8 Å². The zero-order chi connectivity index (χ0) is 15.6. The molecule has 1 heterocycles. The lowest BCUT2D eigenvalue weighted by Crippen LogP contribution is -2.38. The molecule has 3 N–H and O–H groups in total. The summed E-state index contributed by atoms with van der Waals surface area (Å²) in [5.74, 6) is -1.71. The summed E-state index contributed by atoms with van der Waals surface area (Å²) in [4.78, 5) is 36.3. The Kier molecular flexibility index (Phi) is 4.11. The zero-order valence-electron chi connectivity index (χ0n) is 11.8. The van der Waals surface area contributed by atoms with Crippen LogP contribution in [0.15, 0.2) is 18.2 Å². The van der Waals surface area contributed by atoms with Crippen LogP contribution in [0.1, 0.15) is 23.7 Å². The third kappa shape index (κ3) is 3.31. The third-order valence-corrected chi connectivity index (χ3v) is 3.34. The molecule has 0 aliphatic carbocycles. The van der Waals surface area contributed by atoms with Crippen molar-refractivity contribution in [1.82, 2.24) is 5.32 Å². The Morgan fingerprint density at radius 1 is 1.43 bits per heavy atom. The van der Waals surface area contributed by atoms with Crippen molar-refractivity contribution in [2.24, 2.45) is 0 Å². The second-order valence-corrected chi connectivity index (χ2v) is 4.99. The number of hydrogen-bond acceptors (Lipinski definition) is 4. The van der Waals surface area contributed by atoms with Crippen LogP contribution in [0.4, 0.5) is 11.4 Å². The van der Waals surface area contributed by atoms with Crippen molar-refractivity contribution >= 4 is 29.2 Å². The van der Waals surface area contributed by atoms with Crippen LogP contribution in [0.5, 0.6) is 0 Å². The summed E-state index contributed by atoms with van der Waals surface area (Å²) < 4.78 is 0. The standard InChI is InChI=1S/C14H17N3O4/c1-8(14(20)21)15-13(19)9-3-4-11-10(7-9)16-12(18)5-6-17(11)2/h3-4,7-8H,5-6H2,1-2H3,(H,15,19)(H,16,18)(H,20,21)/t8-/m1/s1. The summed E-state index contributed by atoms with van der Waals surface area (Å²) in [5.41, 5.74) is 1.68. The Bertz CT molecular complexity index is 600. The number of hydrogen-bond donors (Lipinski definition) is 3. The average Bonchev–Trinajstić information content (AvgIpc) is 2.57. The van der Waals surface area contributed by atoms with Gasteiger partial charge in [0.05, 0.1) is 11.4 Å². The molecule has 0 aromatic heterocycles. The second kappa shape index (κ2) is 5.82. The first-order chi connectivity index (χ1) is 9.88. The van der Waals surface area contributed by atoms with Crippen LogP contribution in [0.3, 0.4) is 0 Å². The van der Waals surface area contributed by atoms with E-state index in [4.69, 9.17) is 5.11 Å². The van der Waals surface area contributed by atoms with Gasteiger partial charge in [-0.2, -0.15) is 0 Å². The largest absolute Gasteiger partial charge is 0.480 e. The second-order valence-electron chi connectivity index (χ2n) is 4.99. The van der Waals surface area contributed by atoms with E-state index in [9.17, 15) is 14.4 Å². The number of benzene rings is 1. The molecule has 0 fully saturated rings. The van der Waals surface area contributed by atoms with Crippen molar-refractivity contribution in [2.45, 2.75) is 19.4 Å². The van der Waals surface area contributed by atoms with E-state index in [1.165, 1.54) is 6.92 Å². The number of carboxylic acids is 1. The number of nitrogens with one attached hydrogen (secondary N) is 2. The van der Waals surface area contributed by atoms with Crippen molar-refractivity contribution in [3.8, 4) is 0 Å². The van der Waals surface area contributed by atoms with Gasteiger partial charge in [0.2, 0.25) is 5.91 Å². The zero-order valence-corrected chi connectivity index (χ0v) is 11.8. The van der Waals surface area contributed by atoms with E-state index in [0.717, 1.165) is 5.69 Å². The first kappa shape index (κ1) is 14.8. The van der Waals surface area contributed by atoms with Crippen molar-refractivity contribution in [3.63, 3.8) is 0 Å². The minimum absolute atomic E-state index is 0.114. The number of fused-ring (bicyclic) bond motifs is 1. The lowest BCUT2D eigenvalue weighted by atomic mass is 10.1. The maximum absolute atomic E-state index is 12.0. The van der Waals surface area contributed by atoms with E-state index in [0.29, 0.717) is 24.2 Å². The Labute approximate surface area is 121 Å². The van der Waals surface area contributed by atoms with Crippen LogP contribution in [0.2, 0.25) is 0 Å². The summed E-state index contributed by atoms with van der Waals surface area (Å²) in [6, 6.07) is 3.92. The first-order valence-electron chi connectivity index (χ1n) is 6.57. The van der Waals surface area contributed by atoms with E-state index in [-0.39, 0.29) is 5.91 Å². The molecule has 1 aliphatic heterocycles. The molecule has 2 amide bonds. The van der Waals surface area contributed by atoms with Crippen molar-refractivity contribution in [2.75, 3.05) is 23.8 Å². The number of nitrogens with zero attached hydrogens (tertiary/aromatic N) is 1. The maximum atomic E-state index is 12.0. The fourth-order valence-corrected chi connectivity index (χ4v) is 2.05. The number of carbonyl (C=O) groups excluding carboxylic acids is 2. The smallest absolute Gasteiger partial charge is 0.325 e. The van der Waals surface area contributed by atoms with Gasteiger partial charge in [0.15, 0.2) is 0 Å². The number of rotatable bonds is 3. The van der Waals surface area contributed by atoms with E-state index in [2.05, 4.69) is 10.6 Å². The van der Waals surface area contributed by atoms with Gasteiger partial charge in [0, 0.05) is 25.6 Å². The Balaban J connectivity index is 2.25. The molecule has 21 heavy (non-hydrogen) atoms. The van der Waals surface area contributed by atoms with E-state index in [1.807, 2.05) is 11.9 Å². The number of carboxylic acid groups (broad SMARTS) is 1. The topological polar surface area (TPSA) is 98.7 Å². The minimum atomic E-state index is -1.11. The van der Waals surface area contributed by atoms with Crippen LogP contribution in [0, 0.1) is 0 Å². The lowest BCUT2D eigenvalue weighted by Gasteiger charge is -2.19. The van der Waals surface area contributed by atoms with Crippen molar-refractivity contribution in [1.29, 1.82) is 0 Å². The van der Waals surface area contributed by atoms with Crippen LogP contribution >= 0.6 is 0 Å². The van der Waals surface area contributed by atoms with E-state index in [1.54, 1.807) is 18.2 Å². The van der Waals surface area contributed by atoms with Crippen LogP contribution in [-0.2, 0) is 9.59 Å². The molecule has 1 aliphatic rings. The molecule has 1 aromatic carbocycles. The molecule has 0 unspecified atom stereocenters. The summed E-state index contributed by atoms with van der Waals surface area (Å²) in [5, 5.41) is 13.9. The molecule has 2 rings (SSSR count). The molecule has 7 heteroatoms. The monoisotopic (exact) mass is 291 g/mol. The Morgan fingerprint density at radius 3 is 2.81 bits per heavy atom. The first-order valence-corrected chi connectivity index (χ1v) is 6.57. The predicted molar refractivity (Wildman–Crippen MR) is 77.5 cm³/mol. The molecule has 0 spiro atoms. The van der Waals surface area contributed by atoms with Gasteiger partial charge in [-0.1, -0.05) is 0 Å². The number of amides is 2. The Morgan fingerprint density at radius 2 is 2.14 bits per heavy atom. The number of carbonyl (C=O) groups is 3. The summed E-state index contributed by atoms with van der Waals surface area (Å²) in [7, 11) is 1.87. The van der Waals surface area contributed by atoms with Gasteiger partial charge in [-0.3, -0.25) is 14.4 Å². The molecule has 0 saturated carbocycles.